The van der Waals surface area contributed by atoms with E-state index in [4.69, 9.17) is 14.2 Å². The van der Waals surface area contributed by atoms with Crippen molar-refractivity contribution in [3.05, 3.63) is 64.7 Å². The van der Waals surface area contributed by atoms with Crippen LogP contribution in [0.25, 0.3) is 0 Å². The van der Waals surface area contributed by atoms with Crippen molar-refractivity contribution in [1.82, 2.24) is 15.0 Å². The Kier molecular flexibility index (Phi) is 4.84. The molecule has 27 heavy (non-hydrogen) atoms. The fourth-order valence-corrected chi connectivity index (χ4v) is 2.76. The van der Waals surface area contributed by atoms with Gasteiger partial charge in [-0.25, -0.2) is 9.97 Å². The molecule has 1 aliphatic heterocycles. The topological polar surface area (TPSA) is 95.5 Å². The number of rotatable bonds is 5. The zero-order valence-corrected chi connectivity index (χ0v) is 15.5. The molecule has 136 valence electrons. The molecule has 9 heteroatoms. The lowest BCUT2D eigenvalue weighted by molar-refractivity contribution is 0.102. The van der Waals surface area contributed by atoms with Gasteiger partial charge in [0.25, 0.3) is 5.91 Å². The van der Waals surface area contributed by atoms with Crippen LogP contribution in [0, 0.1) is 0 Å². The van der Waals surface area contributed by atoms with E-state index in [1.54, 1.807) is 18.3 Å². The molecular weight excluding hydrogens is 416 g/mol. The molecule has 3 heterocycles. The number of carbonyl (C=O) groups is 1. The number of fused-ring (bicyclic) bond motifs is 1. The minimum Gasteiger partial charge on any atom is -0.473 e. The molecule has 8 nitrogen and oxygen atoms in total. The first-order chi connectivity index (χ1) is 13.2. The molecule has 3 aromatic rings. The predicted molar refractivity (Wildman–Crippen MR) is 98.8 cm³/mol. The van der Waals surface area contributed by atoms with E-state index in [1.807, 2.05) is 18.2 Å². The maximum atomic E-state index is 12.3. The summed E-state index contributed by atoms with van der Waals surface area (Å²) < 4.78 is 17.0. The number of hydrogen-bond donors (Lipinski definition) is 1. The van der Waals surface area contributed by atoms with Gasteiger partial charge in [-0.2, -0.15) is 0 Å². The third kappa shape index (κ3) is 4.14. The van der Waals surface area contributed by atoms with Gasteiger partial charge < -0.3 is 19.5 Å². The first kappa shape index (κ1) is 17.2. The second-order valence-corrected chi connectivity index (χ2v) is 6.48. The molecule has 0 bridgehead atoms. The minimum absolute atomic E-state index is 0.224. The summed E-state index contributed by atoms with van der Waals surface area (Å²) in [7, 11) is 0. The Balaban J connectivity index is 1.41. The lowest BCUT2D eigenvalue weighted by Gasteiger charge is -2.08. The van der Waals surface area contributed by atoms with Gasteiger partial charge in [-0.3, -0.25) is 9.78 Å². The smallest absolute Gasteiger partial charge is 0.258 e. The van der Waals surface area contributed by atoms with E-state index < -0.39 is 0 Å². The Labute approximate surface area is 162 Å². The monoisotopic (exact) mass is 428 g/mol. The van der Waals surface area contributed by atoms with E-state index in [1.165, 1.54) is 12.5 Å². The second-order valence-electron chi connectivity index (χ2n) is 5.56. The molecule has 0 unspecified atom stereocenters. The van der Waals surface area contributed by atoms with Crippen molar-refractivity contribution in [2.24, 2.45) is 0 Å². The quantitative estimate of drug-likeness (QED) is 0.666. The van der Waals surface area contributed by atoms with Crippen molar-refractivity contribution < 1.29 is 19.0 Å². The average Bonchev–Trinajstić information content (AvgIpc) is 3.14. The molecule has 1 amide bonds. The fraction of sp³-hybridized carbons (Fsp3) is 0.111. The number of nitrogens with zero attached hydrogens (tertiary/aromatic N) is 3. The van der Waals surface area contributed by atoms with Gasteiger partial charge in [-0.05, 0) is 39.7 Å². The van der Waals surface area contributed by atoms with E-state index in [0.29, 0.717) is 33.2 Å². The number of pyridine rings is 1. The van der Waals surface area contributed by atoms with Gasteiger partial charge in [-0.15, -0.1) is 0 Å². The van der Waals surface area contributed by atoms with Crippen LogP contribution in [0.15, 0.2) is 53.5 Å². The van der Waals surface area contributed by atoms with E-state index in [9.17, 15) is 4.79 Å². The Morgan fingerprint density at radius 2 is 2.04 bits per heavy atom. The van der Waals surface area contributed by atoms with Crippen LogP contribution in [0.3, 0.4) is 0 Å². The third-order valence-electron chi connectivity index (χ3n) is 3.67. The number of hydrogen-bond acceptors (Lipinski definition) is 7. The van der Waals surface area contributed by atoms with Gasteiger partial charge in [-0.1, -0.05) is 6.07 Å². The van der Waals surface area contributed by atoms with Crippen LogP contribution < -0.4 is 19.5 Å². The van der Waals surface area contributed by atoms with Gasteiger partial charge in [0.2, 0.25) is 12.7 Å². The van der Waals surface area contributed by atoms with Crippen molar-refractivity contribution in [3.8, 4) is 17.4 Å². The van der Waals surface area contributed by atoms with Crippen molar-refractivity contribution in [2.75, 3.05) is 12.1 Å². The number of halogens is 1. The normalized spacial score (nSPS) is 11.9. The summed E-state index contributed by atoms with van der Waals surface area (Å²) in [5, 5.41) is 2.69. The van der Waals surface area contributed by atoms with Crippen LogP contribution in [0.1, 0.15) is 15.9 Å². The highest BCUT2D eigenvalue weighted by molar-refractivity contribution is 9.10. The molecule has 0 spiro atoms. The maximum absolute atomic E-state index is 12.3. The number of anilines is 1. The molecule has 4 rings (SSSR count). The van der Waals surface area contributed by atoms with Crippen LogP contribution in [0.2, 0.25) is 0 Å². The van der Waals surface area contributed by atoms with Crippen LogP contribution in [0.4, 0.5) is 5.82 Å². The Hall–Kier alpha value is -3.20. The zero-order chi connectivity index (χ0) is 18.6. The molecule has 0 saturated carbocycles. The summed E-state index contributed by atoms with van der Waals surface area (Å²) in [5.41, 5.74) is 1.31. The lowest BCUT2D eigenvalue weighted by atomic mass is 10.2. The molecule has 0 radical (unpaired) electrons. The van der Waals surface area contributed by atoms with Gasteiger partial charge in [0, 0.05) is 22.9 Å². The standard InChI is InChI=1S/C18H13BrN4O4/c19-13-4-12(6-20-7-13)18(24)23-16-5-17(22-9-21-16)25-8-11-1-2-14-15(3-11)27-10-26-14/h1-7,9H,8,10H2,(H,21,22,23,24). The molecular formula is C18H13BrN4O4. The van der Waals surface area contributed by atoms with E-state index >= 15 is 0 Å². The van der Waals surface area contributed by atoms with Gasteiger partial charge in [0.05, 0.1) is 5.56 Å². The minimum atomic E-state index is -0.329. The highest BCUT2D eigenvalue weighted by Gasteiger charge is 2.14. The second kappa shape index (κ2) is 7.58. The number of aromatic nitrogens is 3. The summed E-state index contributed by atoms with van der Waals surface area (Å²) >= 11 is 3.28. The van der Waals surface area contributed by atoms with Gasteiger partial charge in [0.15, 0.2) is 11.5 Å². The molecule has 0 aliphatic carbocycles. The first-order valence-electron chi connectivity index (χ1n) is 7.93. The molecule has 0 fully saturated rings. The molecule has 0 atom stereocenters. The lowest BCUT2D eigenvalue weighted by Crippen LogP contribution is -2.13. The van der Waals surface area contributed by atoms with Crippen molar-refractivity contribution in [1.29, 1.82) is 0 Å². The number of ether oxygens (including phenoxy) is 3. The SMILES string of the molecule is O=C(Nc1cc(OCc2ccc3c(c2)OCO3)ncn1)c1cncc(Br)c1. The highest BCUT2D eigenvalue weighted by atomic mass is 79.9. The van der Waals surface area contributed by atoms with Crippen molar-refractivity contribution in [2.45, 2.75) is 6.61 Å². The van der Waals surface area contributed by atoms with E-state index in [0.717, 1.165) is 5.56 Å². The maximum Gasteiger partial charge on any atom is 0.258 e. The Bertz CT molecular complexity index is 999. The predicted octanol–water partition coefficient (Wildman–Crippen LogP) is 3.19. The van der Waals surface area contributed by atoms with Gasteiger partial charge in [0.1, 0.15) is 18.8 Å². The summed E-state index contributed by atoms with van der Waals surface area (Å²) in [6, 6.07) is 8.79. The first-order valence-corrected chi connectivity index (χ1v) is 8.72. The summed E-state index contributed by atoms with van der Waals surface area (Å²) in [5.74, 6) is 1.74. The molecule has 1 aliphatic rings. The van der Waals surface area contributed by atoms with Crippen LogP contribution in [-0.4, -0.2) is 27.7 Å². The summed E-state index contributed by atoms with van der Waals surface area (Å²) in [6.07, 6.45) is 4.39. The largest absolute Gasteiger partial charge is 0.473 e. The van der Waals surface area contributed by atoms with Gasteiger partial charge >= 0.3 is 0 Å². The van der Waals surface area contributed by atoms with Crippen LogP contribution in [-0.2, 0) is 6.61 Å². The molecule has 1 aromatic carbocycles. The van der Waals surface area contributed by atoms with Crippen LogP contribution >= 0.6 is 15.9 Å². The Morgan fingerprint density at radius 1 is 1.15 bits per heavy atom. The van der Waals surface area contributed by atoms with Crippen LogP contribution in [0.5, 0.6) is 17.4 Å². The molecule has 1 N–H and O–H groups in total. The third-order valence-corrected chi connectivity index (χ3v) is 4.11. The number of carbonyl (C=O) groups excluding carboxylic acids is 1. The van der Waals surface area contributed by atoms with Crippen molar-refractivity contribution in [3.63, 3.8) is 0 Å². The molecule has 0 saturated heterocycles. The van der Waals surface area contributed by atoms with E-state index in [2.05, 4.69) is 36.2 Å². The fourth-order valence-electron chi connectivity index (χ4n) is 2.40. The number of amides is 1. The van der Waals surface area contributed by atoms with Crippen molar-refractivity contribution >= 4 is 27.7 Å². The summed E-state index contributed by atoms with van der Waals surface area (Å²) in [6.45, 7) is 0.513. The number of benzene rings is 1. The number of nitrogens with one attached hydrogen (secondary N) is 1. The molecule has 2 aromatic heterocycles. The zero-order valence-electron chi connectivity index (χ0n) is 13.9. The Morgan fingerprint density at radius 3 is 2.93 bits per heavy atom. The highest BCUT2D eigenvalue weighted by Crippen LogP contribution is 2.32. The van der Waals surface area contributed by atoms with E-state index in [-0.39, 0.29) is 19.3 Å². The average molecular weight is 429 g/mol. The summed E-state index contributed by atoms with van der Waals surface area (Å²) in [4.78, 5) is 24.3.